The Labute approximate surface area is 100 Å². The lowest BCUT2D eigenvalue weighted by Gasteiger charge is -2.15. The molecule has 4 nitrogen and oxygen atoms in total. The summed E-state index contributed by atoms with van der Waals surface area (Å²) in [6.07, 6.45) is 0.612. The molecule has 0 aromatic heterocycles. The number of rotatable bonds is 3. The number of benzene rings is 1. The van der Waals surface area contributed by atoms with Crippen LogP contribution in [0.15, 0.2) is 18.2 Å². The van der Waals surface area contributed by atoms with Gasteiger partial charge in [0.05, 0.1) is 5.75 Å². The first-order chi connectivity index (χ1) is 8.04. The van der Waals surface area contributed by atoms with Gasteiger partial charge in [0.15, 0.2) is 0 Å². The van der Waals surface area contributed by atoms with E-state index < -0.39 is 15.8 Å². The van der Waals surface area contributed by atoms with Gasteiger partial charge in [-0.25, -0.2) is 12.8 Å². The summed E-state index contributed by atoms with van der Waals surface area (Å²) in [5, 5.41) is 0. The largest absolute Gasteiger partial charge is 0.326 e. The smallest absolute Gasteiger partial charge is 0.214 e. The number of hydrogen-bond acceptors (Lipinski definition) is 3. The maximum Gasteiger partial charge on any atom is 0.214 e. The van der Waals surface area contributed by atoms with E-state index in [-0.39, 0.29) is 18.8 Å². The standard InChI is InChI=1S/C11H15FN2O2S/c12-11-9(7-13)3-1-4-10(11)8-14-5-2-6-17(14,15)16/h1,3-4H,2,5-8,13H2. The number of halogens is 1. The molecular formula is C11H15FN2O2S. The Kier molecular flexibility index (Phi) is 3.46. The lowest BCUT2D eigenvalue weighted by molar-refractivity contribution is 0.429. The molecule has 0 atom stereocenters. The Morgan fingerprint density at radius 2 is 2.06 bits per heavy atom. The molecule has 0 unspecified atom stereocenters. The normalized spacial score (nSPS) is 19.6. The van der Waals surface area contributed by atoms with Gasteiger partial charge >= 0.3 is 0 Å². The van der Waals surface area contributed by atoms with Crippen LogP contribution in [-0.4, -0.2) is 25.0 Å². The van der Waals surface area contributed by atoms with Crippen molar-refractivity contribution in [2.75, 3.05) is 12.3 Å². The second-order valence-corrected chi connectivity index (χ2v) is 6.19. The van der Waals surface area contributed by atoms with Crippen LogP contribution in [0.1, 0.15) is 17.5 Å². The fraction of sp³-hybridized carbons (Fsp3) is 0.455. The van der Waals surface area contributed by atoms with Crippen LogP contribution in [0.4, 0.5) is 4.39 Å². The van der Waals surface area contributed by atoms with Crippen molar-refractivity contribution in [3.8, 4) is 0 Å². The van der Waals surface area contributed by atoms with Crippen molar-refractivity contribution in [2.45, 2.75) is 19.5 Å². The molecule has 0 radical (unpaired) electrons. The summed E-state index contributed by atoms with van der Waals surface area (Å²) >= 11 is 0. The van der Waals surface area contributed by atoms with Gasteiger partial charge in [0, 0.05) is 30.8 Å². The van der Waals surface area contributed by atoms with Crippen LogP contribution < -0.4 is 5.73 Å². The zero-order valence-corrected chi connectivity index (χ0v) is 10.2. The highest BCUT2D eigenvalue weighted by molar-refractivity contribution is 7.89. The number of sulfonamides is 1. The van der Waals surface area contributed by atoms with E-state index in [1.807, 2.05) is 0 Å². The molecule has 1 heterocycles. The zero-order valence-electron chi connectivity index (χ0n) is 9.39. The number of hydrogen-bond donors (Lipinski definition) is 1. The van der Waals surface area contributed by atoms with Gasteiger partial charge in [-0.05, 0) is 6.42 Å². The maximum absolute atomic E-state index is 13.9. The van der Waals surface area contributed by atoms with Gasteiger partial charge in [-0.2, -0.15) is 4.31 Å². The number of nitrogens with zero attached hydrogens (tertiary/aromatic N) is 1. The summed E-state index contributed by atoms with van der Waals surface area (Å²) in [4.78, 5) is 0. The van der Waals surface area contributed by atoms with Gasteiger partial charge in [-0.1, -0.05) is 18.2 Å². The molecule has 1 aromatic carbocycles. The zero-order chi connectivity index (χ0) is 12.5. The second kappa shape index (κ2) is 4.72. The van der Waals surface area contributed by atoms with E-state index >= 15 is 0 Å². The van der Waals surface area contributed by atoms with Crippen LogP contribution >= 0.6 is 0 Å². The molecule has 1 saturated heterocycles. The van der Waals surface area contributed by atoms with E-state index in [0.29, 0.717) is 24.1 Å². The highest BCUT2D eigenvalue weighted by Crippen LogP contribution is 2.20. The fourth-order valence-electron chi connectivity index (χ4n) is 1.97. The van der Waals surface area contributed by atoms with Gasteiger partial charge in [-0.3, -0.25) is 0 Å². The summed E-state index contributed by atoms with van der Waals surface area (Å²) in [6, 6.07) is 4.91. The van der Waals surface area contributed by atoms with Crippen LogP contribution in [0.5, 0.6) is 0 Å². The lowest BCUT2D eigenvalue weighted by atomic mass is 10.1. The predicted octanol–water partition coefficient (Wildman–Crippen LogP) is 0.820. The molecule has 0 bridgehead atoms. The molecule has 6 heteroatoms. The van der Waals surface area contributed by atoms with E-state index in [4.69, 9.17) is 5.73 Å². The molecule has 0 amide bonds. The quantitative estimate of drug-likeness (QED) is 0.873. The van der Waals surface area contributed by atoms with Gasteiger partial charge in [0.2, 0.25) is 10.0 Å². The van der Waals surface area contributed by atoms with E-state index in [2.05, 4.69) is 0 Å². The minimum absolute atomic E-state index is 0.0992. The average Bonchev–Trinajstić information content (AvgIpc) is 2.61. The minimum Gasteiger partial charge on any atom is -0.326 e. The average molecular weight is 258 g/mol. The summed E-state index contributed by atoms with van der Waals surface area (Å²) in [5.74, 6) is -0.234. The van der Waals surface area contributed by atoms with E-state index in [0.717, 1.165) is 0 Å². The van der Waals surface area contributed by atoms with Crippen molar-refractivity contribution in [1.82, 2.24) is 4.31 Å². The van der Waals surface area contributed by atoms with Crippen molar-refractivity contribution in [2.24, 2.45) is 5.73 Å². The molecule has 1 aromatic rings. The Balaban J connectivity index is 2.25. The van der Waals surface area contributed by atoms with Crippen molar-refractivity contribution in [3.05, 3.63) is 35.1 Å². The molecule has 0 spiro atoms. The van der Waals surface area contributed by atoms with Crippen molar-refractivity contribution in [1.29, 1.82) is 0 Å². The molecule has 94 valence electrons. The van der Waals surface area contributed by atoms with Gasteiger partial charge in [0.25, 0.3) is 0 Å². The fourth-order valence-corrected chi connectivity index (χ4v) is 3.47. The van der Waals surface area contributed by atoms with Crippen molar-refractivity contribution in [3.63, 3.8) is 0 Å². The van der Waals surface area contributed by atoms with Gasteiger partial charge in [-0.15, -0.1) is 0 Å². The third kappa shape index (κ3) is 2.48. The molecule has 1 aliphatic heterocycles. The van der Waals surface area contributed by atoms with Crippen LogP contribution in [-0.2, 0) is 23.1 Å². The molecule has 1 fully saturated rings. The summed E-state index contributed by atoms with van der Waals surface area (Å²) in [6.45, 7) is 0.684. The van der Waals surface area contributed by atoms with E-state index in [1.54, 1.807) is 18.2 Å². The first kappa shape index (κ1) is 12.5. The lowest BCUT2D eigenvalue weighted by Crippen LogP contribution is -2.25. The monoisotopic (exact) mass is 258 g/mol. The first-order valence-corrected chi connectivity index (χ1v) is 7.09. The summed E-state index contributed by atoms with van der Waals surface area (Å²) < 4.78 is 38.4. The number of nitrogens with two attached hydrogens (primary N) is 1. The third-order valence-electron chi connectivity index (χ3n) is 2.93. The summed E-state index contributed by atoms with van der Waals surface area (Å²) in [5.41, 5.74) is 6.21. The van der Waals surface area contributed by atoms with Crippen molar-refractivity contribution >= 4 is 10.0 Å². The third-order valence-corrected chi connectivity index (χ3v) is 4.83. The highest BCUT2D eigenvalue weighted by Gasteiger charge is 2.28. The summed E-state index contributed by atoms with van der Waals surface area (Å²) in [7, 11) is -3.19. The first-order valence-electron chi connectivity index (χ1n) is 5.49. The Bertz CT molecular complexity index is 516. The Morgan fingerprint density at radius 1 is 1.35 bits per heavy atom. The highest BCUT2D eigenvalue weighted by atomic mass is 32.2. The molecule has 1 aliphatic rings. The Hall–Kier alpha value is -0.980. The molecule has 17 heavy (non-hydrogen) atoms. The van der Waals surface area contributed by atoms with Crippen LogP contribution in [0, 0.1) is 5.82 Å². The van der Waals surface area contributed by atoms with Crippen LogP contribution in [0.3, 0.4) is 0 Å². The maximum atomic E-state index is 13.9. The van der Waals surface area contributed by atoms with Crippen molar-refractivity contribution < 1.29 is 12.8 Å². The molecular weight excluding hydrogens is 243 g/mol. The second-order valence-electron chi connectivity index (χ2n) is 4.10. The minimum atomic E-state index is -3.19. The van der Waals surface area contributed by atoms with Crippen LogP contribution in [0.25, 0.3) is 0 Å². The molecule has 2 rings (SSSR count). The van der Waals surface area contributed by atoms with Crippen LogP contribution in [0.2, 0.25) is 0 Å². The predicted molar refractivity (Wildman–Crippen MR) is 63.1 cm³/mol. The molecule has 0 aliphatic carbocycles. The SMILES string of the molecule is NCc1cccc(CN2CCCS2(=O)=O)c1F. The Morgan fingerprint density at radius 3 is 2.65 bits per heavy atom. The van der Waals surface area contributed by atoms with E-state index in [9.17, 15) is 12.8 Å². The van der Waals surface area contributed by atoms with Gasteiger partial charge in [0.1, 0.15) is 5.82 Å². The van der Waals surface area contributed by atoms with Gasteiger partial charge < -0.3 is 5.73 Å². The molecule has 2 N–H and O–H groups in total. The molecule has 0 saturated carbocycles. The van der Waals surface area contributed by atoms with E-state index in [1.165, 1.54) is 4.31 Å². The topological polar surface area (TPSA) is 63.4 Å².